The molecule has 13 heteroatoms. The second kappa shape index (κ2) is 13.7. The minimum atomic E-state index is -3.35. The van der Waals surface area contributed by atoms with Gasteiger partial charge >= 0.3 is 0 Å². The van der Waals surface area contributed by atoms with Gasteiger partial charge in [-0.3, -0.25) is 4.98 Å². The number of hydrogen-bond donors (Lipinski definition) is 2. The minimum Gasteiger partial charge on any atom is -0.487 e. The molecule has 9 nitrogen and oxygen atoms in total. The first-order valence-electron chi connectivity index (χ1n) is 13.8. The Bertz CT molecular complexity index is 2060. The number of halogens is 2. The van der Waals surface area contributed by atoms with E-state index in [1.807, 2.05) is 17.5 Å². The van der Waals surface area contributed by atoms with Crippen molar-refractivity contribution in [3.05, 3.63) is 118 Å². The van der Waals surface area contributed by atoms with Crippen LogP contribution in [0.25, 0.3) is 22.3 Å². The van der Waals surface area contributed by atoms with Gasteiger partial charge in [0.1, 0.15) is 35.3 Å². The number of fused-ring (bicyclic) bond motifs is 1. The van der Waals surface area contributed by atoms with Crippen molar-refractivity contribution < 1.29 is 17.5 Å². The van der Waals surface area contributed by atoms with Crippen molar-refractivity contribution in [2.75, 3.05) is 17.6 Å². The normalized spacial score (nSPS) is 11.5. The molecule has 3 heterocycles. The highest BCUT2D eigenvalue weighted by molar-refractivity contribution is 7.91. The van der Waals surface area contributed by atoms with Gasteiger partial charge < -0.3 is 15.4 Å². The first-order valence-corrected chi connectivity index (χ1v) is 16.7. The van der Waals surface area contributed by atoms with Gasteiger partial charge in [-0.15, -0.1) is 11.3 Å². The molecule has 0 bridgehead atoms. The molecule has 0 aliphatic carbocycles. The van der Waals surface area contributed by atoms with Crippen LogP contribution in [0.2, 0.25) is 5.02 Å². The average Bonchev–Trinajstić information content (AvgIpc) is 3.52. The third-order valence-corrected chi connectivity index (χ3v) is 9.62. The molecule has 0 saturated carbocycles. The van der Waals surface area contributed by atoms with Crippen LogP contribution in [0.5, 0.6) is 5.75 Å². The van der Waals surface area contributed by atoms with E-state index in [1.165, 1.54) is 29.8 Å². The lowest BCUT2D eigenvalue weighted by Crippen LogP contribution is -2.22. The van der Waals surface area contributed by atoms with Crippen LogP contribution in [0.3, 0.4) is 0 Å². The molecule has 0 fully saturated rings. The Morgan fingerprint density at radius 2 is 1.80 bits per heavy atom. The smallest absolute Gasteiger partial charge is 0.179 e. The van der Waals surface area contributed by atoms with E-state index in [0.717, 1.165) is 10.4 Å². The zero-order chi connectivity index (χ0) is 31.2. The molecule has 228 valence electrons. The number of rotatable bonds is 12. The highest BCUT2D eigenvalue weighted by Crippen LogP contribution is 2.32. The Morgan fingerprint density at radius 3 is 2.62 bits per heavy atom. The summed E-state index contributed by atoms with van der Waals surface area (Å²) in [5.41, 5.74) is 3.37. The fourth-order valence-electron chi connectivity index (χ4n) is 4.48. The van der Waals surface area contributed by atoms with Crippen LogP contribution in [-0.2, 0) is 23.0 Å². The molecular weight excluding hydrogens is 635 g/mol. The molecule has 0 saturated heterocycles. The molecule has 2 N–H and O–H groups in total. The Kier molecular flexibility index (Phi) is 9.26. The van der Waals surface area contributed by atoms with Gasteiger partial charge in [0, 0.05) is 29.5 Å². The predicted octanol–water partition coefficient (Wildman–Crippen LogP) is 6.83. The minimum absolute atomic E-state index is 0.00682. The quantitative estimate of drug-likeness (QED) is 0.136. The summed E-state index contributed by atoms with van der Waals surface area (Å²) < 4.78 is 44.3. The second-order valence-corrected chi connectivity index (χ2v) is 13.4. The standard InChI is InChI=1S/C32H26ClFN6O3S2/c33-26-14-23(9-10-30(26)43-18-21-5-4-6-22(34)13-21)39-32-25-15-27(36-16-28(25)37-20-38-32)29-19-44-31(40-29)17-35-11-12-45(41,42)24-7-2-1-3-8-24/h1-10,13-16,19-20,35H,11-12,17-18H2,(H,37,38,39). The number of nitrogens with zero attached hydrogens (tertiary/aromatic N) is 4. The summed E-state index contributed by atoms with van der Waals surface area (Å²) in [5.74, 6) is 0.698. The van der Waals surface area contributed by atoms with Crippen molar-refractivity contribution in [1.29, 1.82) is 0 Å². The number of ether oxygens (including phenoxy) is 1. The number of thiazole rings is 1. The third kappa shape index (κ3) is 7.60. The lowest BCUT2D eigenvalue weighted by atomic mass is 10.2. The van der Waals surface area contributed by atoms with E-state index in [-0.39, 0.29) is 18.2 Å². The van der Waals surface area contributed by atoms with Gasteiger partial charge in [0.2, 0.25) is 0 Å². The maximum absolute atomic E-state index is 13.5. The number of pyridine rings is 1. The van der Waals surface area contributed by atoms with Crippen molar-refractivity contribution in [2.45, 2.75) is 18.0 Å². The van der Waals surface area contributed by atoms with Gasteiger partial charge in [-0.2, -0.15) is 0 Å². The number of nitrogens with one attached hydrogen (secondary N) is 2. The number of sulfone groups is 1. The molecule has 0 atom stereocenters. The summed E-state index contributed by atoms with van der Waals surface area (Å²) in [5, 5.41) is 10.3. The zero-order valence-electron chi connectivity index (χ0n) is 23.7. The average molecular weight is 661 g/mol. The van der Waals surface area contributed by atoms with Crippen molar-refractivity contribution in [3.8, 4) is 17.1 Å². The van der Waals surface area contributed by atoms with E-state index in [2.05, 4.69) is 30.6 Å². The predicted molar refractivity (Wildman–Crippen MR) is 174 cm³/mol. The van der Waals surface area contributed by atoms with Crippen LogP contribution in [0, 0.1) is 5.82 Å². The van der Waals surface area contributed by atoms with E-state index in [1.54, 1.807) is 60.8 Å². The van der Waals surface area contributed by atoms with E-state index in [9.17, 15) is 12.8 Å². The number of anilines is 2. The van der Waals surface area contributed by atoms with Crippen LogP contribution in [0.4, 0.5) is 15.9 Å². The lowest BCUT2D eigenvalue weighted by Gasteiger charge is -2.12. The fraction of sp³-hybridized carbons (Fsp3) is 0.125. The molecule has 3 aromatic carbocycles. The van der Waals surface area contributed by atoms with E-state index in [4.69, 9.17) is 16.3 Å². The monoisotopic (exact) mass is 660 g/mol. The van der Waals surface area contributed by atoms with Crippen LogP contribution in [0.1, 0.15) is 10.6 Å². The molecule has 6 rings (SSSR count). The van der Waals surface area contributed by atoms with Crippen molar-refractivity contribution in [3.63, 3.8) is 0 Å². The van der Waals surface area contributed by atoms with E-state index < -0.39 is 9.84 Å². The summed E-state index contributed by atoms with van der Waals surface area (Å²) in [7, 11) is -3.35. The van der Waals surface area contributed by atoms with Gasteiger partial charge in [-0.05, 0) is 54.1 Å². The molecule has 45 heavy (non-hydrogen) atoms. The Balaban J connectivity index is 1.11. The molecule has 3 aromatic heterocycles. The molecule has 0 radical (unpaired) electrons. The van der Waals surface area contributed by atoms with Gasteiger partial charge in [0.25, 0.3) is 0 Å². The lowest BCUT2D eigenvalue weighted by molar-refractivity contribution is 0.306. The van der Waals surface area contributed by atoms with Crippen LogP contribution in [-0.4, -0.2) is 40.7 Å². The van der Waals surface area contributed by atoms with Gasteiger partial charge in [0.05, 0.1) is 38.8 Å². The highest BCUT2D eigenvalue weighted by Gasteiger charge is 2.14. The maximum atomic E-state index is 13.5. The topological polar surface area (TPSA) is 119 Å². The van der Waals surface area contributed by atoms with Crippen LogP contribution >= 0.6 is 22.9 Å². The zero-order valence-corrected chi connectivity index (χ0v) is 26.0. The first-order chi connectivity index (χ1) is 21.8. The molecular formula is C32H26ClFN6O3S2. The molecule has 0 aliphatic rings. The second-order valence-electron chi connectivity index (χ2n) is 9.93. The van der Waals surface area contributed by atoms with E-state index in [0.29, 0.717) is 62.7 Å². The van der Waals surface area contributed by atoms with Crippen molar-refractivity contribution in [2.24, 2.45) is 0 Å². The van der Waals surface area contributed by atoms with Crippen LogP contribution < -0.4 is 15.4 Å². The maximum Gasteiger partial charge on any atom is 0.179 e. The van der Waals surface area contributed by atoms with Gasteiger partial charge in [-0.25, -0.2) is 27.8 Å². The summed E-state index contributed by atoms with van der Waals surface area (Å²) in [6.07, 6.45) is 3.12. The summed E-state index contributed by atoms with van der Waals surface area (Å²) in [6, 6.07) is 21.8. The number of hydrogen-bond acceptors (Lipinski definition) is 10. The molecule has 0 unspecified atom stereocenters. The van der Waals surface area contributed by atoms with E-state index >= 15 is 0 Å². The van der Waals surface area contributed by atoms with Crippen molar-refractivity contribution in [1.82, 2.24) is 25.3 Å². The van der Waals surface area contributed by atoms with Crippen LogP contribution in [0.15, 0.2) is 102 Å². The Morgan fingerprint density at radius 1 is 0.933 bits per heavy atom. The van der Waals surface area contributed by atoms with Gasteiger partial charge in [0.15, 0.2) is 9.84 Å². The largest absolute Gasteiger partial charge is 0.487 e. The van der Waals surface area contributed by atoms with Gasteiger partial charge in [-0.1, -0.05) is 41.9 Å². The fourth-order valence-corrected chi connectivity index (χ4v) is 6.69. The molecule has 6 aromatic rings. The summed E-state index contributed by atoms with van der Waals surface area (Å²) in [6.45, 7) is 0.916. The summed E-state index contributed by atoms with van der Waals surface area (Å²) >= 11 is 7.95. The first kappa shape index (κ1) is 30.5. The molecule has 0 aliphatic heterocycles. The molecule has 0 amide bonds. The number of aromatic nitrogens is 4. The third-order valence-electron chi connectivity index (χ3n) is 6.74. The SMILES string of the molecule is O=S(=O)(CCNCc1nc(-c2cc3c(Nc4ccc(OCc5cccc(F)c5)c(Cl)c4)ncnc3cn2)cs1)c1ccccc1. The Labute approximate surface area is 268 Å². The van der Waals surface area contributed by atoms with Crippen molar-refractivity contribution >= 4 is 55.2 Å². The number of benzene rings is 3. The molecule has 0 spiro atoms. The highest BCUT2D eigenvalue weighted by atomic mass is 35.5. The summed E-state index contributed by atoms with van der Waals surface area (Å²) in [4.78, 5) is 18.3. The Hall–Kier alpha value is -4.49.